The highest BCUT2D eigenvalue weighted by atomic mass is 16.1. The third kappa shape index (κ3) is 1.43. The van der Waals surface area contributed by atoms with Crippen LogP contribution in [0.15, 0.2) is 23.1 Å². The number of pyridine rings is 1. The number of rotatable bonds is 2. The zero-order valence-corrected chi connectivity index (χ0v) is 5.42. The van der Waals surface area contributed by atoms with Crippen molar-refractivity contribution in [2.45, 2.75) is 6.54 Å². The third-order valence-corrected chi connectivity index (χ3v) is 1.19. The zero-order valence-electron chi connectivity index (χ0n) is 5.42. The maximum atomic E-state index is 10.9. The molecule has 0 unspecified atom stereocenters. The van der Waals surface area contributed by atoms with Crippen molar-refractivity contribution in [2.24, 2.45) is 5.84 Å². The normalized spacial score (nSPS) is 9.70. The summed E-state index contributed by atoms with van der Waals surface area (Å²) in [6.45, 7) is 0.399. The molecular weight excluding hydrogens is 130 g/mol. The van der Waals surface area contributed by atoms with Crippen molar-refractivity contribution < 1.29 is 0 Å². The minimum Gasteiger partial charge on any atom is -0.329 e. The molecule has 1 aromatic heterocycles. The Bertz CT molecular complexity index is 255. The fourth-order valence-electron chi connectivity index (χ4n) is 0.706. The quantitative estimate of drug-likeness (QED) is 0.376. The van der Waals surface area contributed by atoms with Crippen LogP contribution in [0.25, 0.3) is 0 Å². The molecule has 0 bridgehead atoms. The molecule has 0 saturated heterocycles. The Morgan fingerprint density at radius 3 is 3.10 bits per heavy atom. The molecule has 4 nitrogen and oxygen atoms in total. The lowest BCUT2D eigenvalue weighted by Crippen LogP contribution is -2.25. The highest BCUT2D eigenvalue weighted by Crippen LogP contribution is 1.85. The number of nitrogens with one attached hydrogen (secondary N) is 2. The topological polar surface area (TPSA) is 70.9 Å². The van der Waals surface area contributed by atoms with Crippen molar-refractivity contribution in [3.05, 3.63) is 34.2 Å². The van der Waals surface area contributed by atoms with Crippen LogP contribution in [-0.2, 0) is 6.54 Å². The van der Waals surface area contributed by atoms with Crippen LogP contribution >= 0.6 is 0 Å². The van der Waals surface area contributed by atoms with E-state index in [4.69, 9.17) is 5.84 Å². The second-order valence-corrected chi connectivity index (χ2v) is 1.91. The molecule has 4 heteroatoms. The van der Waals surface area contributed by atoms with Gasteiger partial charge in [0.2, 0.25) is 0 Å². The maximum Gasteiger partial charge on any atom is 0.252 e. The van der Waals surface area contributed by atoms with Gasteiger partial charge in [-0.2, -0.15) is 0 Å². The van der Waals surface area contributed by atoms with Gasteiger partial charge in [0.15, 0.2) is 0 Å². The van der Waals surface area contributed by atoms with Crippen LogP contribution in [0.5, 0.6) is 0 Å². The van der Waals surface area contributed by atoms with E-state index in [2.05, 4.69) is 10.4 Å². The van der Waals surface area contributed by atoms with E-state index in [1.54, 1.807) is 18.3 Å². The van der Waals surface area contributed by atoms with Crippen molar-refractivity contribution in [1.29, 1.82) is 0 Å². The first-order valence-electron chi connectivity index (χ1n) is 2.94. The van der Waals surface area contributed by atoms with Crippen LogP contribution < -0.4 is 16.8 Å². The van der Waals surface area contributed by atoms with Crippen LogP contribution in [0.2, 0.25) is 0 Å². The Kier molecular flexibility index (Phi) is 2.20. The molecule has 0 aromatic carbocycles. The summed E-state index contributed by atoms with van der Waals surface area (Å²) in [5.74, 6) is 5.03. The van der Waals surface area contributed by atoms with Crippen LogP contribution in [0.4, 0.5) is 0 Å². The van der Waals surface area contributed by atoms with E-state index in [-0.39, 0.29) is 5.56 Å². The summed E-state index contributed by atoms with van der Waals surface area (Å²) in [6.07, 6.45) is 1.59. The molecule has 0 aliphatic carbocycles. The van der Waals surface area contributed by atoms with Gasteiger partial charge in [-0.1, -0.05) is 6.07 Å². The summed E-state index contributed by atoms with van der Waals surface area (Å²) in [7, 11) is 0. The third-order valence-electron chi connectivity index (χ3n) is 1.19. The van der Waals surface area contributed by atoms with E-state index >= 15 is 0 Å². The predicted octanol–water partition coefficient (Wildman–Crippen LogP) is -0.662. The van der Waals surface area contributed by atoms with E-state index in [0.29, 0.717) is 12.1 Å². The summed E-state index contributed by atoms with van der Waals surface area (Å²) in [5.41, 5.74) is 2.95. The maximum absolute atomic E-state index is 10.9. The summed E-state index contributed by atoms with van der Waals surface area (Å²) >= 11 is 0. The molecule has 54 valence electrons. The van der Waals surface area contributed by atoms with Crippen LogP contribution in [-0.4, -0.2) is 4.98 Å². The Morgan fingerprint density at radius 2 is 2.50 bits per heavy atom. The lowest BCUT2D eigenvalue weighted by Gasteiger charge is -1.95. The minimum absolute atomic E-state index is 0.0968. The molecule has 0 radical (unpaired) electrons. The number of H-pyrrole nitrogens is 1. The molecule has 0 amide bonds. The number of aromatic nitrogens is 1. The number of nitrogens with two attached hydrogens (primary N) is 1. The smallest absolute Gasteiger partial charge is 0.252 e. The molecule has 0 aliphatic rings. The molecular formula is C6H9N3O. The second-order valence-electron chi connectivity index (χ2n) is 1.91. The lowest BCUT2D eigenvalue weighted by molar-refractivity contribution is 0.733. The molecule has 4 N–H and O–H groups in total. The van der Waals surface area contributed by atoms with E-state index in [1.165, 1.54) is 0 Å². The molecule has 0 atom stereocenters. The number of hydrogen-bond acceptors (Lipinski definition) is 3. The summed E-state index contributed by atoms with van der Waals surface area (Å²) in [6, 6.07) is 3.48. The van der Waals surface area contributed by atoms with E-state index in [1.807, 2.05) is 0 Å². The number of hydrazine groups is 1. The summed E-state index contributed by atoms with van der Waals surface area (Å²) in [4.78, 5) is 13.4. The fourth-order valence-corrected chi connectivity index (χ4v) is 0.706. The minimum atomic E-state index is -0.0968. The van der Waals surface area contributed by atoms with Gasteiger partial charge in [0, 0.05) is 18.3 Å². The monoisotopic (exact) mass is 139 g/mol. The molecule has 0 aliphatic heterocycles. The Labute approximate surface area is 58.0 Å². The SMILES string of the molecule is NNCc1ccc[nH]c1=O. The van der Waals surface area contributed by atoms with Gasteiger partial charge in [-0.3, -0.25) is 16.1 Å². The van der Waals surface area contributed by atoms with Gasteiger partial charge in [-0.05, 0) is 6.07 Å². The number of hydrogen-bond donors (Lipinski definition) is 3. The molecule has 10 heavy (non-hydrogen) atoms. The fraction of sp³-hybridized carbons (Fsp3) is 0.167. The summed E-state index contributed by atoms with van der Waals surface area (Å²) in [5, 5.41) is 0. The van der Waals surface area contributed by atoms with Gasteiger partial charge in [-0.15, -0.1) is 0 Å². The summed E-state index contributed by atoms with van der Waals surface area (Å²) < 4.78 is 0. The van der Waals surface area contributed by atoms with Gasteiger partial charge in [0.1, 0.15) is 0 Å². The second kappa shape index (κ2) is 3.14. The molecule has 1 heterocycles. The van der Waals surface area contributed by atoms with E-state index in [0.717, 1.165) is 0 Å². The van der Waals surface area contributed by atoms with Gasteiger partial charge < -0.3 is 4.98 Å². The largest absolute Gasteiger partial charge is 0.329 e. The van der Waals surface area contributed by atoms with Crippen LogP contribution in [0.1, 0.15) is 5.56 Å². The average Bonchev–Trinajstić information content (AvgIpc) is 1.94. The van der Waals surface area contributed by atoms with Gasteiger partial charge in [0.25, 0.3) is 5.56 Å². The van der Waals surface area contributed by atoms with Crippen LogP contribution in [0.3, 0.4) is 0 Å². The van der Waals surface area contributed by atoms with E-state index in [9.17, 15) is 4.79 Å². The lowest BCUT2D eigenvalue weighted by atomic mass is 10.3. The van der Waals surface area contributed by atoms with Crippen molar-refractivity contribution in [1.82, 2.24) is 10.4 Å². The number of aromatic amines is 1. The Hall–Kier alpha value is -1.13. The Balaban J connectivity index is 2.92. The first-order chi connectivity index (χ1) is 4.84. The first kappa shape index (κ1) is 6.98. The Morgan fingerprint density at radius 1 is 1.70 bits per heavy atom. The molecule has 0 saturated carbocycles. The predicted molar refractivity (Wildman–Crippen MR) is 38.1 cm³/mol. The van der Waals surface area contributed by atoms with Crippen molar-refractivity contribution in [2.75, 3.05) is 0 Å². The molecule has 1 aromatic rings. The zero-order chi connectivity index (χ0) is 7.40. The van der Waals surface area contributed by atoms with Gasteiger partial charge in [0.05, 0.1) is 0 Å². The van der Waals surface area contributed by atoms with Crippen molar-refractivity contribution >= 4 is 0 Å². The molecule has 0 spiro atoms. The highest BCUT2D eigenvalue weighted by molar-refractivity contribution is 5.07. The first-order valence-corrected chi connectivity index (χ1v) is 2.94. The van der Waals surface area contributed by atoms with Crippen molar-refractivity contribution in [3.8, 4) is 0 Å². The molecule has 1 rings (SSSR count). The molecule has 0 fully saturated rings. The average molecular weight is 139 g/mol. The standard InChI is InChI=1S/C6H9N3O/c7-9-4-5-2-1-3-8-6(5)10/h1-3,9H,4,7H2,(H,8,10). The highest BCUT2D eigenvalue weighted by Gasteiger charge is 1.93. The van der Waals surface area contributed by atoms with Gasteiger partial charge >= 0.3 is 0 Å². The van der Waals surface area contributed by atoms with Gasteiger partial charge in [-0.25, -0.2) is 0 Å². The van der Waals surface area contributed by atoms with E-state index < -0.39 is 0 Å². The van der Waals surface area contributed by atoms with Crippen LogP contribution in [0, 0.1) is 0 Å². The van der Waals surface area contributed by atoms with Crippen molar-refractivity contribution in [3.63, 3.8) is 0 Å².